The van der Waals surface area contributed by atoms with Crippen LogP contribution in [0, 0.1) is 0 Å². The number of fused-ring (bicyclic) bond motifs is 1. The molecule has 0 spiro atoms. The molecule has 0 fully saturated rings. The number of methoxy groups -OCH3 is 1. The average Bonchev–Trinajstić information content (AvgIpc) is 2.68. The highest BCUT2D eigenvalue weighted by molar-refractivity contribution is 6.30. The molecular formula is C22H22O11. The summed E-state index contributed by atoms with van der Waals surface area (Å²) < 4.78 is 20.5. The second-order valence-corrected chi connectivity index (χ2v) is 7.91. The van der Waals surface area contributed by atoms with Crippen molar-refractivity contribution in [3.63, 3.8) is 0 Å². The van der Waals surface area contributed by atoms with Gasteiger partial charge >= 0.3 is 17.9 Å². The highest BCUT2D eigenvalue weighted by Gasteiger charge is 2.55. The number of hydrogen-bond donors (Lipinski definition) is 2. The first kappa shape index (κ1) is 23.9. The van der Waals surface area contributed by atoms with Crippen LogP contribution in [0.15, 0.2) is 17.2 Å². The smallest absolute Gasteiger partial charge is 0.308 e. The first-order valence-electron chi connectivity index (χ1n) is 9.81. The monoisotopic (exact) mass is 462 g/mol. The Bertz CT molecular complexity index is 1130. The van der Waals surface area contributed by atoms with E-state index in [4.69, 9.17) is 18.9 Å². The molecule has 0 saturated carbocycles. The van der Waals surface area contributed by atoms with Crippen molar-refractivity contribution in [3.05, 3.63) is 28.3 Å². The van der Waals surface area contributed by atoms with Crippen molar-refractivity contribution in [1.29, 1.82) is 0 Å². The van der Waals surface area contributed by atoms with E-state index in [2.05, 4.69) is 0 Å². The van der Waals surface area contributed by atoms with Gasteiger partial charge in [-0.2, -0.15) is 0 Å². The number of phenolic OH excluding ortho intramolecular Hbond substituents is 1. The molecule has 2 N–H and O–H groups in total. The van der Waals surface area contributed by atoms with Gasteiger partial charge in [0.1, 0.15) is 11.4 Å². The zero-order valence-electron chi connectivity index (χ0n) is 18.5. The minimum absolute atomic E-state index is 0.230. The quantitative estimate of drug-likeness (QED) is 0.485. The van der Waals surface area contributed by atoms with Crippen molar-refractivity contribution < 1.29 is 53.1 Å². The number of ether oxygens (including phenoxy) is 4. The maximum Gasteiger partial charge on any atom is 0.308 e. The van der Waals surface area contributed by atoms with Gasteiger partial charge in [0, 0.05) is 38.8 Å². The summed E-state index contributed by atoms with van der Waals surface area (Å²) in [7, 11) is 1.20. The van der Waals surface area contributed by atoms with Crippen LogP contribution in [-0.2, 0) is 23.9 Å². The van der Waals surface area contributed by atoms with Gasteiger partial charge in [-0.05, 0) is 6.92 Å². The normalized spacial score (nSPS) is 23.9. The second kappa shape index (κ2) is 8.32. The molecule has 3 atom stereocenters. The molecule has 1 aromatic carbocycles. The summed E-state index contributed by atoms with van der Waals surface area (Å²) in [6.45, 7) is 4.43. The molecule has 0 radical (unpaired) electrons. The number of esters is 3. The molecule has 176 valence electrons. The first-order valence-corrected chi connectivity index (χ1v) is 9.81. The van der Waals surface area contributed by atoms with E-state index in [0.29, 0.717) is 0 Å². The number of carbonyl (C=O) groups excluding carboxylic acids is 5. The minimum atomic E-state index is -1.91. The Morgan fingerprint density at radius 3 is 2.09 bits per heavy atom. The average molecular weight is 462 g/mol. The molecule has 11 heteroatoms. The topological polar surface area (TPSA) is 163 Å². The standard InChI is InChI=1S/C22H22O11/c1-8(23)31-12-6-13(30-5)18(27)16-15(12)19(28)14-11(17(16)26)7-22(4,29)21(33-10(3)25)20(14)32-9(2)24/h6,20-21,27,29H,7H2,1-5H3. The van der Waals surface area contributed by atoms with Gasteiger partial charge in [-0.15, -0.1) is 0 Å². The van der Waals surface area contributed by atoms with E-state index in [1.165, 1.54) is 14.0 Å². The van der Waals surface area contributed by atoms with E-state index in [9.17, 15) is 34.2 Å². The van der Waals surface area contributed by atoms with Crippen LogP contribution in [0.25, 0.3) is 0 Å². The second-order valence-electron chi connectivity index (χ2n) is 7.91. The Hall–Kier alpha value is -3.73. The number of hydrogen-bond acceptors (Lipinski definition) is 11. The maximum absolute atomic E-state index is 13.6. The predicted molar refractivity (Wildman–Crippen MR) is 108 cm³/mol. The van der Waals surface area contributed by atoms with Crippen molar-refractivity contribution in [2.45, 2.75) is 51.9 Å². The lowest BCUT2D eigenvalue weighted by atomic mass is 9.69. The lowest BCUT2D eigenvalue weighted by molar-refractivity contribution is -0.184. The number of Topliss-reactive ketones (excluding diaryl/α,β-unsaturated/α-hetero) is 2. The number of phenols is 1. The molecular weight excluding hydrogens is 440 g/mol. The summed E-state index contributed by atoms with van der Waals surface area (Å²) in [5, 5.41) is 21.6. The van der Waals surface area contributed by atoms with Gasteiger partial charge in [0.05, 0.1) is 23.8 Å². The number of benzene rings is 1. The van der Waals surface area contributed by atoms with Crippen LogP contribution in [0.1, 0.15) is 54.8 Å². The van der Waals surface area contributed by atoms with Crippen LogP contribution in [0.3, 0.4) is 0 Å². The van der Waals surface area contributed by atoms with Crippen molar-refractivity contribution in [2.75, 3.05) is 7.11 Å². The lowest BCUT2D eigenvalue weighted by Gasteiger charge is -2.43. The third-order valence-corrected chi connectivity index (χ3v) is 5.29. The minimum Gasteiger partial charge on any atom is -0.504 e. The van der Waals surface area contributed by atoms with Gasteiger partial charge in [0.25, 0.3) is 0 Å². The molecule has 3 rings (SSSR count). The predicted octanol–water partition coefficient (Wildman–Crippen LogP) is 1.02. The highest BCUT2D eigenvalue weighted by atomic mass is 16.6. The molecule has 0 aromatic heterocycles. The van der Waals surface area contributed by atoms with Crippen LogP contribution in [0.2, 0.25) is 0 Å². The van der Waals surface area contributed by atoms with Crippen molar-refractivity contribution >= 4 is 29.5 Å². The summed E-state index contributed by atoms with van der Waals surface area (Å²) in [6, 6.07) is 1.07. The van der Waals surface area contributed by atoms with Crippen molar-refractivity contribution in [1.82, 2.24) is 0 Å². The van der Waals surface area contributed by atoms with Gasteiger partial charge in [-0.25, -0.2) is 0 Å². The van der Waals surface area contributed by atoms with Crippen LogP contribution < -0.4 is 9.47 Å². The van der Waals surface area contributed by atoms with E-state index in [1.807, 2.05) is 0 Å². The van der Waals surface area contributed by atoms with Crippen molar-refractivity contribution in [2.24, 2.45) is 0 Å². The number of aliphatic hydroxyl groups is 1. The van der Waals surface area contributed by atoms with Crippen LogP contribution in [-0.4, -0.2) is 64.6 Å². The molecule has 0 saturated heterocycles. The van der Waals surface area contributed by atoms with E-state index in [0.717, 1.165) is 26.8 Å². The Labute approximate surface area is 187 Å². The van der Waals surface area contributed by atoms with Gasteiger partial charge in [0.15, 0.2) is 35.3 Å². The Morgan fingerprint density at radius 2 is 1.58 bits per heavy atom. The first-order chi connectivity index (χ1) is 15.3. The third kappa shape index (κ3) is 4.07. The van der Waals surface area contributed by atoms with Crippen LogP contribution >= 0.6 is 0 Å². The van der Waals surface area contributed by atoms with Crippen LogP contribution in [0.5, 0.6) is 17.2 Å². The third-order valence-electron chi connectivity index (χ3n) is 5.29. The number of ketones is 2. The summed E-state index contributed by atoms with van der Waals surface area (Å²) in [4.78, 5) is 62.2. The van der Waals surface area contributed by atoms with E-state index in [1.54, 1.807) is 0 Å². The Balaban J connectivity index is 2.32. The van der Waals surface area contributed by atoms with E-state index < -0.39 is 70.6 Å². The molecule has 1 aromatic rings. The lowest BCUT2D eigenvalue weighted by Crippen LogP contribution is -2.57. The van der Waals surface area contributed by atoms with Gasteiger partial charge in [-0.3, -0.25) is 24.0 Å². The summed E-state index contributed by atoms with van der Waals surface area (Å²) in [5.74, 6) is -5.54. The zero-order valence-corrected chi connectivity index (χ0v) is 18.5. The molecule has 11 nitrogen and oxygen atoms in total. The zero-order chi connectivity index (χ0) is 24.8. The molecule has 0 bridgehead atoms. The summed E-state index contributed by atoms with van der Waals surface area (Å²) >= 11 is 0. The molecule has 0 heterocycles. The fourth-order valence-electron chi connectivity index (χ4n) is 4.09. The fourth-order valence-corrected chi connectivity index (χ4v) is 4.09. The molecule has 2 aliphatic carbocycles. The van der Waals surface area contributed by atoms with E-state index in [-0.39, 0.29) is 22.6 Å². The SMILES string of the molecule is COc1cc(OC(C)=O)c2c(c1O)C(=O)C1=C(C2=O)C(OC(C)=O)C(OC(C)=O)C(C)(O)C1. The van der Waals surface area contributed by atoms with Crippen LogP contribution in [0.4, 0.5) is 0 Å². The fraction of sp³-hybridized carbons (Fsp3) is 0.409. The Morgan fingerprint density at radius 1 is 0.970 bits per heavy atom. The van der Waals surface area contributed by atoms with Gasteiger partial charge in [0.2, 0.25) is 0 Å². The highest BCUT2D eigenvalue weighted by Crippen LogP contribution is 2.48. The van der Waals surface area contributed by atoms with Gasteiger partial charge in [-0.1, -0.05) is 0 Å². The van der Waals surface area contributed by atoms with Crippen molar-refractivity contribution in [3.8, 4) is 17.2 Å². The molecule has 33 heavy (non-hydrogen) atoms. The molecule has 0 amide bonds. The molecule has 0 aliphatic heterocycles. The summed E-state index contributed by atoms with van der Waals surface area (Å²) in [5.41, 5.74) is -3.45. The summed E-state index contributed by atoms with van der Waals surface area (Å²) in [6.07, 6.45) is -3.61. The maximum atomic E-state index is 13.6. The molecule has 2 aliphatic rings. The molecule has 3 unspecified atom stereocenters. The Kier molecular flexibility index (Phi) is 6.03. The number of carbonyl (C=O) groups is 5. The van der Waals surface area contributed by atoms with E-state index >= 15 is 0 Å². The number of rotatable bonds is 4. The number of aromatic hydroxyl groups is 1. The largest absolute Gasteiger partial charge is 0.504 e. The van der Waals surface area contributed by atoms with Gasteiger partial charge < -0.3 is 29.2 Å².